The first-order chi connectivity index (χ1) is 8.63. The molecule has 0 aliphatic carbocycles. The van der Waals surface area contributed by atoms with Gasteiger partial charge in [0.1, 0.15) is 5.69 Å². The highest BCUT2D eigenvalue weighted by Gasteiger charge is 2.29. The van der Waals surface area contributed by atoms with Crippen molar-refractivity contribution in [2.24, 2.45) is 0 Å². The van der Waals surface area contributed by atoms with Crippen LogP contribution in [-0.2, 0) is 0 Å². The van der Waals surface area contributed by atoms with Crippen LogP contribution < -0.4 is 10.6 Å². The summed E-state index contributed by atoms with van der Waals surface area (Å²) in [5, 5.41) is 5.95. The normalized spacial score (nSPS) is 22.8. The van der Waals surface area contributed by atoms with Crippen molar-refractivity contribution in [3.05, 3.63) is 24.0 Å². The predicted molar refractivity (Wildman–Crippen MR) is 76.2 cm³/mol. The summed E-state index contributed by atoms with van der Waals surface area (Å²) in [5.74, 6) is 1.10. The van der Waals surface area contributed by atoms with Gasteiger partial charge in [0.25, 0.3) is 5.91 Å². The van der Waals surface area contributed by atoms with E-state index in [2.05, 4.69) is 22.5 Å². The first kappa shape index (κ1) is 13.2. The summed E-state index contributed by atoms with van der Waals surface area (Å²) in [6.07, 6.45) is 4.08. The second-order valence-corrected chi connectivity index (χ2v) is 6.45. The van der Waals surface area contributed by atoms with Crippen molar-refractivity contribution >= 4 is 23.4 Å². The van der Waals surface area contributed by atoms with Gasteiger partial charge in [0, 0.05) is 18.3 Å². The molecule has 1 unspecified atom stereocenters. The number of hydrogen-bond donors (Lipinski definition) is 2. The van der Waals surface area contributed by atoms with Crippen LogP contribution >= 0.6 is 11.8 Å². The van der Waals surface area contributed by atoms with E-state index in [1.54, 1.807) is 12.3 Å². The van der Waals surface area contributed by atoms with Crippen molar-refractivity contribution in [1.29, 1.82) is 0 Å². The zero-order chi connectivity index (χ0) is 13.0. The fraction of sp³-hybridized carbons (Fsp3) is 0.538. The standard InChI is InChI=1S/C13H19N3OS/c1-13(6-3-7-18-13)9-16-12(17)11-5-4-10(14-2)8-15-11/h4-5,8,14H,3,6-7,9H2,1-2H3,(H,16,17). The van der Waals surface area contributed by atoms with Crippen LogP contribution in [-0.4, -0.2) is 35.0 Å². The third kappa shape index (κ3) is 3.16. The quantitative estimate of drug-likeness (QED) is 0.876. The molecule has 0 aromatic carbocycles. The molecule has 5 heteroatoms. The number of amides is 1. The van der Waals surface area contributed by atoms with Gasteiger partial charge >= 0.3 is 0 Å². The average molecular weight is 265 g/mol. The molecule has 1 aromatic rings. The monoisotopic (exact) mass is 265 g/mol. The summed E-state index contributed by atoms with van der Waals surface area (Å²) in [5.41, 5.74) is 1.38. The van der Waals surface area contributed by atoms with Crippen molar-refractivity contribution in [2.45, 2.75) is 24.5 Å². The van der Waals surface area contributed by atoms with Crippen LogP contribution in [0.4, 0.5) is 5.69 Å². The van der Waals surface area contributed by atoms with Gasteiger partial charge < -0.3 is 10.6 Å². The second-order valence-electron chi connectivity index (χ2n) is 4.77. The largest absolute Gasteiger partial charge is 0.387 e. The van der Waals surface area contributed by atoms with Gasteiger partial charge in [-0.15, -0.1) is 0 Å². The lowest BCUT2D eigenvalue weighted by Gasteiger charge is -2.22. The van der Waals surface area contributed by atoms with Gasteiger partial charge in [0.2, 0.25) is 0 Å². The number of carbonyl (C=O) groups is 1. The van der Waals surface area contributed by atoms with E-state index in [1.807, 2.05) is 24.9 Å². The van der Waals surface area contributed by atoms with E-state index < -0.39 is 0 Å². The molecule has 1 saturated heterocycles. The van der Waals surface area contributed by atoms with Crippen LogP contribution in [0.5, 0.6) is 0 Å². The molecule has 2 rings (SSSR count). The lowest BCUT2D eigenvalue weighted by atomic mass is 10.1. The van der Waals surface area contributed by atoms with Gasteiger partial charge in [-0.2, -0.15) is 11.8 Å². The maximum Gasteiger partial charge on any atom is 0.269 e. The van der Waals surface area contributed by atoms with E-state index in [1.165, 1.54) is 18.6 Å². The van der Waals surface area contributed by atoms with E-state index >= 15 is 0 Å². The molecule has 0 bridgehead atoms. The minimum atomic E-state index is -0.0913. The van der Waals surface area contributed by atoms with Crippen molar-refractivity contribution in [1.82, 2.24) is 10.3 Å². The molecule has 1 aliphatic heterocycles. The van der Waals surface area contributed by atoms with Crippen LogP contribution in [0, 0.1) is 0 Å². The molecule has 1 amide bonds. The van der Waals surface area contributed by atoms with Crippen molar-refractivity contribution < 1.29 is 4.79 Å². The van der Waals surface area contributed by atoms with Gasteiger partial charge in [0.15, 0.2) is 0 Å². The molecule has 2 N–H and O–H groups in total. The Hall–Kier alpha value is -1.23. The number of carbonyl (C=O) groups excluding carboxylic acids is 1. The Morgan fingerprint density at radius 2 is 2.39 bits per heavy atom. The molecular weight excluding hydrogens is 246 g/mol. The minimum absolute atomic E-state index is 0.0913. The fourth-order valence-corrected chi connectivity index (χ4v) is 3.25. The number of rotatable bonds is 4. The number of aromatic nitrogens is 1. The van der Waals surface area contributed by atoms with E-state index in [9.17, 15) is 4.79 Å². The molecule has 1 aliphatic rings. The number of nitrogens with zero attached hydrogens (tertiary/aromatic N) is 1. The molecule has 1 fully saturated rings. The topological polar surface area (TPSA) is 54.0 Å². The summed E-state index contributed by atoms with van der Waals surface area (Å²) in [4.78, 5) is 16.1. The van der Waals surface area contributed by atoms with Crippen LogP contribution in [0.2, 0.25) is 0 Å². The first-order valence-corrected chi connectivity index (χ1v) is 7.17. The molecule has 18 heavy (non-hydrogen) atoms. The third-order valence-corrected chi connectivity index (χ3v) is 4.75. The summed E-state index contributed by atoms with van der Waals surface area (Å²) in [6, 6.07) is 3.60. The highest BCUT2D eigenvalue weighted by Crippen LogP contribution is 2.36. The summed E-state index contributed by atoms with van der Waals surface area (Å²) >= 11 is 1.94. The van der Waals surface area contributed by atoms with Crippen molar-refractivity contribution in [3.8, 4) is 0 Å². The average Bonchev–Trinajstić information content (AvgIpc) is 2.83. The van der Waals surface area contributed by atoms with Crippen LogP contribution in [0.1, 0.15) is 30.3 Å². The predicted octanol–water partition coefficient (Wildman–Crippen LogP) is 2.14. The number of pyridine rings is 1. The van der Waals surface area contributed by atoms with Crippen molar-refractivity contribution in [2.75, 3.05) is 24.7 Å². The molecule has 0 spiro atoms. The Labute approximate surface area is 112 Å². The number of thioether (sulfide) groups is 1. The number of anilines is 1. The molecule has 98 valence electrons. The first-order valence-electron chi connectivity index (χ1n) is 6.19. The Morgan fingerprint density at radius 1 is 1.56 bits per heavy atom. The van der Waals surface area contributed by atoms with Crippen LogP contribution in [0.15, 0.2) is 18.3 Å². The van der Waals surface area contributed by atoms with E-state index in [4.69, 9.17) is 0 Å². The minimum Gasteiger partial charge on any atom is -0.387 e. The molecule has 2 heterocycles. The van der Waals surface area contributed by atoms with Crippen molar-refractivity contribution in [3.63, 3.8) is 0 Å². The maximum absolute atomic E-state index is 11.9. The summed E-state index contributed by atoms with van der Waals surface area (Å²) in [6.45, 7) is 2.93. The van der Waals surface area contributed by atoms with Gasteiger partial charge in [-0.25, -0.2) is 4.98 Å². The Bertz CT molecular complexity index is 413. The van der Waals surface area contributed by atoms with Gasteiger partial charge in [-0.3, -0.25) is 4.79 Å². The SMILES string of the molecule is CNc1ccc(C(=O)NCC2(C)CCCS2)nc1. The Morgan fingerprint density at radius 3 is 2.94 bits per heavy atom. The highest BCUT2D eigenvalue weighted by molar-refractivity contribution is 8.00. The van der Waals surface area contributed by atoms with E-state index in [-0.39, 0.29) is 10.7 Å². The zero-order valence-electron chi connectivity index (χ0n) is 10.8. The summed E-state index contributed by atoms with van der Waals surface area (Å²) < 4.78 is 0.195. The third-order valence-electron chi connectivity index (χ3n) is 3.21. The Balaban J connectivity index is 1.90. The van der Waals surface area contributed by atoms with Gasteiger partial charge in [0.05, 0.1) is 11.9 Å². The Kier molecular flexibility index (Phi) is 4.11. The summed E-state index contributed by atoms with van der Waals surface area (Å²) in [7, 11) is 1.83. The van der Waals surface area contributed by atoms with Gasteiger partial charge in [-0.05, 0) is 37.7 Å². The van der Waals surface area contributed by atoms with Crippen LogP contribution in [0.25, 0.3) is 0 Å². The molecule has 1 aromatic heterocycles. The molecule has 0 saturated carbocycles. The number of hydrogen-bond acceptors (Lipinski definition) is 4. The lowest BCUT2D eigenvalue weighted by molar-refractivity contribution is 0.0945. The molecule has 0 radical (unpaired) electrons. The molecule has 1 atom stereocenters. The smallest absolute Gasteiger partial charge is 0.269 e. The van der Waals surface area contributed by atoms with Crippen LogP contribution in [0.3, 0.4) is 0 Å². The van der Waals surface area contributed by atoms with Gasteiger partial charge in [-0.1, -0.05) is 0 Å². The fourth-order valence-electron chi connectivity index (χ4n) is 2.01. The lowest BCUT2D eigenvalue weighted by Crippen LogP contribution is -2.37. The van der Waals surface area contributed by atoms with E-state index in [0.29, 0.717) is 12.2 Å². The number of nitrogens with one attached hydrogen (secondary N) is 2. The zero-order valence-corrected chi connectivity index (χ0v) is 11.6. The maximum atomic E-state index is 11.9. The van der Waals surface area contributed by atoms with E-state index in [0.717, 1.165) is 5.69 Å². The molecule has 4 nitrogen and oxygen atoms in total. The molecular formula is C13H19N3OS. The highest BCUT2D eigenvalue weighted by atomic mass is 32.2. The second kappa shape index (κ2) is 5.61.